The Balaban J connectivity index is 2.13. The maximum Gasteiger partial charge on any atom is 0.257 e. The van der Waals surface area contributed by atoms with Gasteiger partial charge in [-0.15, -0.1) is 0 Å². The standard InChI is InChI=1S/C9H15N3O2S/c1-7-11-9(15(10,13)14)6-12(7)5-4-8-2-3-8/h6,8H,2-5H2,1H3,(H2,10,13,14). The quantitative estimate of drug-likeness (QED) is 0.823. The second-order valence-corrected chi connectivity index (χ2v) is 5.61. The zero-order valence-corrected chi connectivity index (χ0v) is 9.50. The molecule has 2 N–H and O–H groups in total. The Labute approximate surface area is 89.4 Å². The molecule has 0 aromatic carbocycles. The number of aromatic nitrogens is 2. The Kier molecular flexibility index (Phi) is 2.56. The minimum Gasteiger partial charge on any atom is -0.334 e. The van der Waals surface area contributed by atoms with Crippen LogP contribution in [0.15, 0.2) is 11.2 Å². The van der Waals surface area contributed by atoms with Crippen LogP contribution in [0.3, 0.4) is 0 Å². The van der Waals surface area contributed by atoms with E-state index in [-0.39, 0.29) is 5.03 Å². The van der Waals surface area contributed by atoms with Crippen molar-refractivity contribution in [2.75, 3.05) is 0 Å². The summed E-state index contributed by atoms with van der Waals surface area (Å²) in [6.07, 6.45) is 5.22. The van der Waals surface area contributed by atoms with Gasteiger partial charge >= 0.3 is 0 Å². The summed E-state index contributed by atoms with van der Waals surface area (Å²) >= 11 is 0. The van der Waals surface area contributed by atoms with Crippen LogP contribution in [0.25, 0.3) is 0 Å². The van der Waals surface area contributed by atoms with E-state index < -0.39 is 10.0 Å². The fourth-order valence-electron chi connectivity index (χ4n) is 1.57. The second kappa shape index (κ2) is 3.61. The molecule has 0 radical (unpaired) electrons. The molecule has 0 saturated heterocycles. The molecule has 1 heterocycles. The Morgan fingerprint density at radius 3 is 2.73 bits per heavy atom. The average Bonchev–Trinajstić information content (AvgIpc) is 2.86. The predicted octanol–water partition coefficient (Wildman–Crippen LogP) is 0.639. The van der Waals surface area contributed by atoms with Crippen molar-refractivity contribution in [2.45, 2.75) is 37.8 Å². The summed E-state index contributed by atoms with van der Waals surface area (Å²) in [7, 11) is -3.66. The Morgan fingerprint density at radius 1 is 1.60 bits per heavy atom. The van der Waals surface area contributed by atoms with Gasteiger partial charge in [0.15, 0.2) is 5.03 Å². The van der Waals surface area contributed by atoms with Crippen molar-refractivity contribution in [3.05, 3.63) is 12.0 Å². The maximum atomic E-state index is 11.1. The van der Waals surface area contributed by atoms with Gasteiger partial charge in [0.25, 0.3) is 10.0 Å². The molecule has 84 valence electrons. The third kappa shape index (κ3) is 2.57. The Bertz CT molecular complexity index is 460. The van der Waals surface area contributed by atoms with Gasteiger partial charge in [-0.25, -0.2) is 18.5 Å². The largest absolute Gasteiger partial charge is 0.334 e. The molecule has 1 aliphatic carbocycles. The van der Waals surface area contributed by atoms with E-state index in [2.05, 4.69) is 4.98 Å². The topological polar surface area (TPSA) is 78.0 Å². The molecule has 1 fully saturated rings. The molecule has 1 aromatic rings. The number of aryl methyl sites for hydroxylation is 2. The number of rotatable bonds is 4. The first-order valence-corrected chi connectivity index (χ1v) is 6.58. The molecule has 1 aliphatic rings. The first-order valence-electron chi connectivity index (χ1n) is 5.03. The third-order valence-electron chi connectivity index (χ3n) is 2.72. The summed E-state index contributed by atoms with van der Waals surface area (Å²) in [5, 5.41) is 4.97. The summed E-state index contributed by atoms with van der Waals surface area (Å²) in [5.74, 6) is 1.53. The summed E-state index contributed by atoms with van der Waals surface area (Å²) in [5.41, 5.74) is 0. The lowest BCUT2D eigenvalue weighted by Crippen LogP contribution is -2.12. The van der Waals surface area contributed by atoms with Crippen LogP contribution in [0.5, 0.6) is 0 Å². The van der Waals surface area contributed by atoms with Gasteiger partial charge in [0.2, 0.25) is 0 Å². The van der Waals surface area contributed by atoms with Crippen molar-refractivity contribution >= 4 is 10.0 Å². The normalized spacial score (nSPS) is 16.9. The van der Waals surface area contributed by atoms with Gasteiger partial charge in [-0.3, -0.25) is 0 Å². The SMILES string of the molecule is Cc1nc(S(N)(=O)=O)cn1CCC1CC1. The van der Waals surface area contributed by atoms with Crippen molar-refractivity contribution in [1.82, 2.24) is 9.55 Å². The van der Waals surface area contributed by atoms with E-state index in [1.54, 1.807) is 6.92 Å². The summed E-state index contributed by atoms with van der Waals surface area (Å²) < 4.78 is 24.0. The molecular weight excluding hydrogens is 214 g/mol. The summed E-state index contributed by atoms with van der Waals surface area (Å²) in [4.78, 5) is 3.93. The van der Waals surface area contributed by atoms with E-state index in [1.807, 2.05) is 4.57 Å². The molecule has 6 heteroatoms. The van der Waals surface area contributed by atoms with Gasteiger partial charge in [-0.2, -0.15) is 0 Å². The molecule has 0 bridgehead atoms. The fraction of sp³-hybridized carbons (Fsp3) is 0.667. The van der Waals surface area contributed by atoms with Crippen LogP contribution in [-0.4, -0.2) is 18.0 Å². The number of sulfonamides is 1. The first kappa shape index (κ1) is 10.6. The second-order valence-electron chi connectivity index (χ2n) is 4.10. The molecule has 2 rings (SSSR count). The van der Waals surface area contributed by atoms with Crippen molar-refractivity contribution < 1.29 is 8.42 Å². The number of primary sulfonamides is 1. The van der Waals surface area contributed by atoms with Crippen LogP contribution in [0.2, 0.25) is 0 Å². The lowest BCUT2D eigenvalue weighted by Gasteiger charge is -2.02. The van der Waals surface area contributed by atoms with E-state index >= 15 is 0 Å². The van der Waals surface area contributed by atoms with E-state index in [0.717, 1.165) is 18.9 Å². The van der Waals surface area contributed by atoms with E-state index in [9.17, 15) is 8.42 Å². The van der Waals surface area contributed by atoms with Crippen LogP contribution < -0.4 is 5.14 Å². The molecule has 15 heavy (non-hydrogen) atoms. The number of nitrogens with two attached hydrogens (primary N) is 1. The van der Waals surface area contributed by atoms with Crippen molar-refractivity contribution in [3.63, 3.8) is 0 Å². The number of imidazole rings is 1. The number of hydrogen-bond donors (Lipinski definition) is 1. The van der Waals surface area contributed by atoms with Gasteiger partial charge in [0, 0.05) is 12.7 Å². The molecule has 0 aliphatic heterocycles. The van der Waals surface area contributed by atoms with Gasteiger partial charge < -0.3 is 4.57 Å². The lowest BCUT2D eigenvalue weighted by molar-refractivity contribution is 0.582. The monoisotopic (exact) mass is 229 g/mol. The average molecular weight is 229 g/mol. The van der Waals surface area contributed by atoms with Crippen LogP contribution in [0.1, 0.15) is 25.1 Å². The first-order chi connectivity index (χ1) is 6.97. The highest BCUT2D eigenvalue weighted by Crippen LogP contribution is 2.32. The van der Waals surface area contributed by atoms with Gasteiger partial charge in [0.1, 0.15) is 5.82 Å². The van der Waals surface area contributed by atoms with Crippen LogP contribution in [0, 0.1) is 12.8 Å². The number of hydrogen-bond acceptors (Lipinski definition) is 3. The molecule has 0 unspecified atom stereocenters. The molecule has 1 aromatic heterocycles. The summed E-state index contributed by atoms with van der Waals surface area (Å²) in [6, 6.07) is 0. The molecule has 0 atom stereocenters. The van der Waals surface area contributed by atoms with Crippen molar-refractivity contribution in [2.24, 2.45) is 11.1 Å². The third-order valence-corrected chi connectivity index (χ3v) is 3.50. The van der Waals surface area contributed by atoms with Crippen LogP contribution >= 0.6 is 0 Å². The smallest absolute Gasteiger partial charge is 0.257 e. The van der Waals surface area contributed by atoms with E-state index in [1.165, 1.54) is 19.0 Å². The van der Waals surface area contributed by atoms with E-state index in [4.69, 9.17) is 5.14 Å². The molecular formula is C9H15N3O2S. The van der Waals surface area contributed by atoms with Gasteiger partial charge in [-0.05, 0) is 19.3 Å². The Hall–Kier alpha value is -0.880. The summed E-state index contributed by atoms with van der Waals surface area (Å²) in [6.45, 7) is 2.63. The Morgan fingerprint density at radius 2 is 2.27 bits per heavy atom. The van der Waals surface area contributed by atoms with Crippen LogP contribution in [0.4, 0.5) is 0 Å². The minimum atomic E-state index is -3.66. The predicted molar refractivity (Wildman–Crippen MR) is 55.7 cm³/mol. The van der Waals surface area contributed by atoms with Gasteiger partial charge in [-0.1, -0.05) is 12.8 Å². The maximum absolute atomic E-state index is 11.1. The van der Waals surface area contributed by atoms with Crippen molar-refractivity contribution in [3.8, 4) is 0 Å². The highest BCUT2D eigenvalue weighted by Gasteiger charge is 2.21. The molecule has 5 nitrogen and oxygen atoms in total. The zero-order valence-electron chi connectivity index (χ0n) is 8.68. The highest BCUT2D eigenvalue weighted by atomic mass is 32.2. The zero-order chi connectivity index (χ0) is 11.1. The highest BCUT2D eigenvalue weighted by molar-refractivity contribution is 7.89. The molecule has 0 amide bonds. The van der Waals surface area contributed by atoms with Crippen LogP contribution in [-0.2, 0) is 16.6 Å². The van der Waals surface area contributed by atoms with E-state index in [0.29, 0.717) is 5.82 Å². The lowest BCUT2D eigenvalue weighted by atomic mass is 10.3. The molecule has 1 saturated carbocycles. The van der Waals surface area contributed by atoms with Crippen molar-refractivity contribution in [1.29, 1.82) is 0 Å². The molecule has 0 spiro atoms. The van der Waals surface area contributed by atoms with Gasteiger partial charge in [0.05, 0.1) is 0 Å². The fourth-order valence-corrected chi connectivity index (χ4v) is 2.10. The number of nitrogens with zero attached hydrogens (tertiary/aromatic N) is 2. The minimum absolute atomic E-state index is 0.0317.